The van der Waals surface area contributed by atoms with Crippen molar-refractivity contribution in [3.63, 3.8) is 0 Å². The summed E-state index contributed by atoms with van der Waals surface area (Å²) in [5.41, 5.74) is 6.12. The normalized spacial score (nSPS) is 15.3. The molecule has 2 aromatic rings. The topological polar surface area (TPSA) is 81.2 Å². The summed E-state index contributed by atoms with van der Waals surface area (Å²) in [4.78, 5) is 16.5. The van der Waals surface area contributed by atoms with Crippen molar-refractivity contribution in [2.24, 2.45) is 11.7 Å². The van der Waals surface area contributed by atoms with Gasteiger partial charge in [-0.2, -0.15) is 0 Å². The van der Waals surface area contributed by atoms with Gasteiger partial charge in [0, 0.05) is 18.0 Å². The van der Waals surface area contributed by atoms with Crippen LogP contribution in [0.4, 0.5) is 0 Å². The van der Waals surface area contributed by atoms with E-state index in [9.17, 15) is 4.79 Å². The largest absolute Gasteiger partial charge is 0.459 e. The van der Waals surface area contributed by atoms with E-state index in [1.807, 2.05) is 19.1 Å². The molecule has 1 aliphatic rings. The molecule has 2 heterocycles. The van der Waals surface area contributed by atoms with Gasteiger partial charge >= 0.3 is 0 Å². The summed E-state index contributed by atoms with van der Waals surface area (Å²) in [5, 5.41) is 5.44. The molecule has 0 saturated heterocycles. The minimum atomic E-state index is -0.155. The Balaban J connectivity index is 0.00000161. The summed E-state index contributed by atoms with van der Waals surface area (Å²) >= 11 is 1.41. The van der Waals surface area contributed by atoms with Gasteiger partial charge in [0.25, 0.3) is 5.91 Å². The van der Waals surface area contributed by atoms with Gasteiger partial charge < -0.3 is 15.5 Å². The van der Waals surface area contributed by atoms with Crippen molar-refractivity contribution in [1.29, 1.82) is 0 Å². The summed E-state index contributed by atoms with van der Waals surface area (Å²) in [6, 6.07) is 3.81. The molecule has 0 radical (unpaired) electrons. The third-order valence-electron chi connectivity index (χ3n) is 3.45. The van der Waals surface area contributed by atoms with Gasteiger partial charge in [-0.1, -0.05) is 0 Å². The fourth-order valence-corrected chi connectivity index (χ4v) is 2.91. The van der Waals surface area contributed by atoms with Gasteiger partial charge in [0.05, 0.1) is 0 Å². The minimum Gasteiger partial charge on any atom is -0.459 e. The lowest BCUT2D eigenvalue weighted by molar-refractivity contribution is 0.0929. The molecule has 0 aliphatic heterocycles. The molecule has 1 saturated carbocycles. The monoisotopic (exact) mass is 327 g/mol. The molecule has 2 aromatic heterocycles. The number of carbonyl (C=O) groups excluding carboxylic acids is 1. The van der Waals surface area contributed by atoms with Crippen LogP contribution >= 0.6 is 23.7 Å². The fourth-order valence-electron chi connectivity index (χ4n) is 2.15. The molecule has 1 amide bonds. The van der Waals surface area contributed by atoms with E-state index in [0.717, 1.165) is 23.6 Å². The molecule has 21 heavy (non-hydrogen) atoms. The van der Waals surface area contributed by atoms with Gasteiger partial charge in [0.2, 0.25) is 0 Å². The number of nitrogens with two attached hydrogens (primary N) is 1. The summed E-state index contributed by atoms with van der Waals surface area (Å²) in [6.07, 6.45) is 2.30. The molecule has 3 rings (SSSR count). The summed E-state index contributed by atoms with van der Waals surface area (Å²) in [5.74, 6) is 1.91. The molecule has 7 heteroatoms. The standard InChI is InChI=1S/C14H17N3O2S.ClH/c1-8-2-5-12(19-8)14-17-11(7-20-14)13(18)16-10(6-15)9-3-4-9;/h2,5,7,9-10H,3-4,6,15H2,1H3,(H,16,18);1H. The molecular weight excluding hydrogens is 310 g/mol. The Morgan fingerprint density at radius 2 is 2.33 bits per heavy atom. The molecule has 114 valence electrons. The zero-order valence-electron chi connectivity index (χ0n) is 11.7. The van der Waals surface area contributed by atoms with E-state index >= 15 is 0 Å². The van der Waals surface area contributed by atoms with E-state index in [-0.39, 0.29) is 24.4 Å². The van der Waals surface area contributed by atoms with Crippen LogP contribution in [0.1, 0.15) is 29.1 Å². The zero-order valence-corrected chi connectivity index (χ0v) is 13.3. The molecule has 1 fully saturated rings. The number of nitrogens with one attached hydrogen (secondary N) is 1. The van der Waals surface area contributed by atoms with Gasteiger partial charge in [-0.05, 0) is 37.8 Å². The van der Waals surface area contributed by atoms with Gasteiger partial charge in [0.1, 0.15) is 11.5 Å². The van der Waals surface area contributed by atoms with E-state index < -0.39 is 0 Å². The zero-order chi connectivity index (χ0) is 14.1. The van der Waals surface area contributed by atoms with Crippen molar-refractivity contribution in [3.05, 3.63) is 29.0 Å². The minimum absolute atomic E-state index is 0. The van der Waals surface area contributed by atoms with Gasteiger partial charge in [0.15, 0.2) is 10.8 Å². The van der Waals surface area contributed by atoms with E-state index in [1.165, 1.54) is 11.3 Å². The molecule has 0 aromatic carbocycles. The van der Waals surface area contributed by atoms with Crippen LogP contribution < -0.4 is 11.1 Å². The third kappa shape index (κ3) is 3.64. The lowest BCUT2D eigenvalue weighted by Crippen LogP contribution is -2.41. The average molecular weight is 328 g/mol. The van der Waals surface area contributed by atoms with Crippen molar-refractivity contribution < 1.29 is 9.21 Å². The Morgan fingerprint density at radius 1 is 1.57 bits per heavy atom. The number of nitrogens with zero attached hydrogens (tertiary/aromatic N) is 1. The first kappa shape index (κ1) is 16.0. The van der Waals surface area contributed by atoms with Crippen LogP contribution in [-0.4, -0.2) is 23.5 Å². The second-order valence-corrected chi connectivity index (χ2v) is 5.96. The molecule has 3 N–H and O–H groups in total. The van der Waals surface area contributed by atoms with Crippen LogP contribution in [0.3, 0.4) is 0 Å². The number of hydrogen-bond donors (Lipinski definition) is 2. The maximum absolute atomic E-state index is 12.1. The van der Waals surface area contributed by atoms with Crippen LogP contribution in [0.15, 0.2) is 21.9 Å². The number of furan rings is 1. The number of aryl methyl sites for hydroxylation is 1. The van der Waals surface area contributed by atoms with Crippen molar-refractivity contribution in [1.82, 2.24) is 10.3 Å². The highest BCUT2D eigenvalue weighted by atomic mass is 35.5. The first-order valence-corrected chi connectivity index (χ1v) is 7.58. The lowest BCUT2D eigenvalue weighted by Gasteiger charge is -2.14. The SMILES string of the molecule is Cc1ccc(-c2nc(C(=O)NC(CN)C3CC3)cs2)o1.Cl. The Kier molecular flexibility index (Phi) is 5.03. The number of amides is 1. The molecule has 1 atom stereocenters. The summed E-state index contributed by atoms with van der Waals surface area (Å²) < 4.78 is 5.51. The summed E-state index contributed by atoms with van der Waals surface area (Å²) in [7, 11) is 0. The molecule has 0 spiro atoms. The highest BCUT2D eigenvalue weighted by Gasteiger charge is 2.31. The van der Waals surface area contributed by atoms with Crippen molar-refractivity contribution in [3.8, 4) is 10.8 Å². The van der Waals surface area contributed by atoms with Crippen LogP contribution in [0.2, 0.25) is 0 Å². The van der Waals surface area contributed by atoms with Gasteiger partial charge in [-0.3, -0.25) is 4.79 Å². The first-order valence-electron chi connectivity index (χ1n) is 6.70. The highest BCUT2D eigenvalue weighted by molar-refractivity contribution is 7.13. The van der Waals surface area contributed by atoms with Gasteiger partial charge in [-0.25, -0.2) is 4.98 Å². The third-order valence-corrected chi connectivity index (χ3v) is 4.31. The molecule has 0 bridgehead atoms. The number of aromatic nitrogens is 1. The maximum Gasteiger partial charge on any atom is 0.271 e. The van der Waals surface area contributed by atoms with E-state index in [1.54, 1.807) is 5.38 Å². The van der Waals surface area contributed by atoms with Crippen LogP contribution in [0.25, 0.3) is 10.8 Å². The molecule has 1 aliphatic carbocycles. The smallest absolute Gasteiger partial charge is 0.271 e. The van der Waals surface area contributed by atoms with Crippen LogP contribution in [0.5, 0.6) is 0 Å². The average Bonchev–Trinajstić information content (AvgIpc) is 2.99. The van der Waals surface area contributed by atoms with Crippen molar-refractivity contribution in [2.45, 2.75) is 25.8 Å². The van der Waals surface area contributed by atoms with E-state index in [2.05, 4.69) is 10.3 Å². The van der Waals surface area contributed by atoms with Crippen LogP contribution in [0, 0.1) is 12.8 Å². The summed E-state index contributed by atoms with van der Waals surface area (Å²) in [6.45, 7) is 2.36. The van der Waals surface area contributed by atoms with Crippen molar-refractivity contribution in [2.75, 3.05) is 6.54 Å². The Morgan fingerprint density at radius 3 is 2.90 bits per heavy atom. The number of carbonyl (C=O) groups is 1. The molecule has 5 nitrogen and oxygen atoms in total. The predicted octanol–water partition coefficient (Wildman–Crippen LogP) is 2.60. The van der Waals surface area contributed by atoms with Gasteiger partial charge in [-0.15, -0.1) is 23.7 Å². The van der Waals surface area contributed by atoms with E-state index in [0.29, 0.717) is 23.9 Å². The molecular formula is C14H18ClN3O2S. The van der Waals surface area contributed by atoms with Crippen molar-refractivity contribution >= 4 is 29.7 Å². The first-order chi connectivity index (χ1) is 9.67. The molecule has 1 unspecified atom stereocenters. The lowest BCUT2D eigenvalue weighted by atomic mass is 10.2. The second-order valence-electron chi connectivity index (χ2n) is 5.10. The fraction of sp³-hybridized carbons (Fsp3) is 0.429. The number of thiazole rings is 1. The Labute approximate surface area is 133 Å². The second kappa shape index (κ2) is 6.60. The number of rotatable bonds is 5. The number of halogens is 1. The predicted molar refractivity (Wildman–Crippen MR) is 84.8 cm³/mol. The van der Waals surface area contributed by atoms with Crippen LogP contribution in [-0.2, 0) is 0 Å². The highest BCUT2D eigenvalue weighted by Crippen LogP contribution is 2.32. The quantitative estimate of drug-likeness (QED) is 0.884. The Bertz CT molecular complexity index is 621. The van der Waals surface area contributed by atoms with E-state index in [4.69, 9.17) is 10.2 Å². The Hall–Kier alpha value is -1.37. The number of hydrogen-bond acceptors (Lipinski definition) is 5. The maximum atomic E-state index is 12.1.